The van der Waals surface area contributed by atoms with Crippen molar-refractivity contribution in [3.05, 3.63) is 39.6 Å². The fourth-order valence-electron chi connectivity index (χ4n) is 0.831. The number of anilines is 1. The fourth-order valence-corrected chi connectivity index (χ4v) is 1.09. The molecule has 14 heavy (non-hydrogen) atoms. The molecule has 5 heteroatoms. The van der Waals surface area contributed by atoms with E-state index in [9.17, 15) is 4.39 Å². The average molecular weight is 255 g/mol. The zero-order valence-corrected chi connectivity index (χ0v) is 9.30. The summed E-state index contributed by atoms with van der Waals surface area (Å²) < 4.78 is 12.9. The van der Waals surface area contributed by atoms with Gasteiger partial charge in [-0.15, -0.1) is 0 Å². The molecular weight excluding hydrogens is 247 g/mol. The van der Waals surface area contributed by atoms with Crippen molar-refractivity contribution < 1.29 is 4.39 Å². The first-order valence-corrected chi connectivity index (χ1v) is 4.96. The first-order chi connectivity index (χ1) is 6.63. The van der Waals surface area contributed by atoms with Crippen molar-refractivity contribution in [1.82, 2.24) is 0 Å². The lowest BCUT2D eigenvalue weighted by Gasteiger charge is -2.05. The van der Waals surface area contributed by atoms with Gasteiger partial charge in [0, 0.05) is 16.3 Å². The van der Waals surface area contributed by atoms with Crippen LogP contribution in [0.15, 0.2) is 28.8 Å². The lowest BCUT2D eigenvalue weighted by atomic mass is 10.3. The van der Waals surface area contributed by atoms with Crippen molar-refractivity contribution in [3.8, 4) is 0 Å². The standard InChI is InChI=1S/C9H7Cl3FN/c10-4-6(11)5-14-7-1-2-8(12)9(13)3-7/h1-4,14H,5H2. The van der Waals surface area contributed by atoms with E-state index in [-0.39, 0.29) is 5.02 Å². The summed E-state index contributed by atoms with van der Waals surface area (Å²) in [6.07, 6.45) is 0. The number of rotatable bonds is 3. The highest BCUT2D eigenvalue weighted by atomic mass is 35.5. The fraction of sp³-hybridized carbons (Fsp3) is 0.111. The molecule has 1 aromatic rings. The largest absolute Gasteiger partial charge is 0.380 e. The third kappa shape index (κ3) is 3.37. The van der Waals surface area contributed by atoms with E-state index in [0.29, 0.717) is 17.3 Å². The molecule has 0 radical (unpaired) electrons. The highest BCUT2D eigenvalue weighted by Gasteiger charge is 2.00. The molecule has 0 unspecified atom stereocenters. The molecular formula is C9H7Cl3FN. The number of nitrogens with one attached hydrogen (secondary N) is 1. The van der Waals surface area contributed by atoms with E-state index >= 15 is 0 Å². The van der Waals surface area contributed by atoms with E-state index in [1.54, 1.807) is 6.07 Å². The molecule has 0 saturated heterocycles. The van der Waals surface area contributed by atoms with Crippen LogP contribution >= 0.6 is 34.8 Å². The zero-order chi connectivity index (χ0) is 10.6. The van der Waals surface area contributed by atoms with Crippen molar-refractivity contribution in [3.63, 3.8) is 0 Å². The topological polar surface area (TPSA) is 12.0 Å². The molecule has 0 heterocycles. The van der Waals surface area contributed by atoms with E-state index in [1.807, 2.05) is 0 Å². The van der Waals surface area contributed by atoms with Crippen LogP contribution in [0.5, 0.6) is 0 Å². The minimum atomic E-state index is -0.470. The molecule has 1 rings (SSSR count). The van der Waals surface area contributed by atoms with E-state index in [1.165, 1.54) is 17.7 Å². The molecule has 76 valence electrons. The molecule has 0 aliphatic carbocycles. The number of halogens is 4. The van der Waals surface area contributed by atoms with Crippen molar-refractivity contribution >= 4 is 40.5 Å². The third-order valence-electron chi connectivity index (χ3n) is 1.50. The Morgan fingerprint density at radius 1 is 1.50 bits per heavy atom. The smallest absolute Gasteiger partial charge is 0.143 e. The van der Waals surface area contributed by atoms with Crippen molar-refractivity contribution in [2.45, 2.75) is 0 Å². The molecule has 1 aromatic carbocycles. The van der Waals surface area contributed by atoms with Crippen LogP contribution in [0.4, 0.5) is 10.1 Å². The molecule has 0 amide bonds. The summed E-state index contributed by atoms with van der Waals surface area (Å²) in [7, 11) is 0. The van der Waals surface area contributed by atoms with Crippen LogP contribution in [0, 0.1) is 5.82 Å². The van der Waals surface area contributed by atoms with Gasteiger partial charge < -0.3 is 5.32 Å². The second kappa shape index (κ2) is 5.44. The van der Waals surface area contributed by atoms with E-state index < -0.39 is 5.82 Å². The molecule has 0 bridgehead atoms. The quantitative estimate of drug-likeness (QED) is 0.852. The summed E-state index contributed by atoms with van der Waals surface area (Å²) in [6, 6.07) is 4.42. The number of hydrogen-bond donors (Lipinski definition) is 1. The number of hydrogen-bond acceptors (Lipinski definition) is 1. The van der Waals surface area contributed by atoms with Gasteiger partial charge in [0.1, 0.15) is 5.82 Å². The molecule has 0 atom stereocenters. The Morgan fingerprint density at radius 3 is 2.79 bits per heavy atom. The van der Waals surface area contributed by atoms with E-state index in [4.69, 9.17) is 34.8 Å². The normalized spacial score (nSPS) is 11.6. The van der Waals surface area contributed by atoms with Gasteiger partial charge in [-0.1, -0.05) is 34.8 Å². The second-order valence-corrected chi connectivity index (χ2v) is 3.65. The Hall–Kier alpha value is -0.440. The average Bonchev–Trinajstić information content (AvgIpc) is 2.19. The maximum Gasteiger partial charge on any atom is 0.143 e. The van der Waals surface area contributed by atoms with Gasteiger partial charge in [0.15, 0.2) is 0 Å². The van der Waals surface area contributed by atoms with Gasteiger partial charge in [0.05, 0.1) is 11.6 Å². The Bertz CT molecular complexity index is 352. The molecule has 1 N–H and O–H groups in total. The summed E-state index contributed by atoms with van der Waals surface area (Å²) in [4.78, 5) is 0. The van der Waals surface area contributed by atoms with Gasteiger partial charge in [0.2, 0.25) is 0 Å². The van der Waals surface area contributed by atoms with E-state index in [2.05, 4.69) is 5.32 Å². The zero-order valence-electron chi connectivity index (χ0n) is 7.03. The van der Waals surface area contributed by atoms with Crippen LogP contribution in [-0.4, -0.2) is 6.54 Å². The van der Waals surface area contributed by atoms with Gasteiger partial charge in [-0.25, -0.2) is 4.39 Å². The lowest BCUT2D eigenvalue weighted by Crippen LogP contribution is -2.01. The highest BCUT2D eigenvalue weighted by molar-refractivity contribution is 6.36. The molecule has 0 spiro atoms. The number of benzene rings is 1. The maximum absolute atomic E-state index is 12.9. The monoisotopic (exact) mass is 253 g/mol. The van der Waals surface area contributed by atoms with Gasteiger partial charge in [-0.2, -0.15) is 0 Å². The highest BCUT2D eigenvalue weighted by Crippen LogP contribution is 2.19. The van der Waals surface area contributed by atoms with Crippen LogP contribution < -0.4 is 5.32 Å². The lowest BCUT2D eigenvalue weighted by molar-refractivity contribution is 0.629. The summed E-state index contributed by atoms with van der Waals surface area (Å²) >= 11 is 16.5. The summed E-state index contributed by atoms with van der Waals surface area (Å²) in [5.41, 5.74) is 1.85. The first kappa shape index (κ1) is 11.6. The van der Waals surface area contributed by atoms with Gasteiger partial charge in [-0.05, 0) is 18.2 Å². The molecule has 0 saturated carbocycles. The Labute approximate surface area is 96.5 Å². The molecule has 1 nitrogen and oxygen atoms in total. The Kier molecular flexibility index (Phi) is 4.52. The van der Waals surface area contributed by atoms with Crippen LogP contribution in [0.25, 0.3) is 0 Å². The van der Waals surface area contributed by atoms with Crippen LogP contribution in [0.1, 0.15) is 0 Å². The predicted molar refractivity (Wildman–Crippen MR) is 59.7 cm³/mol. The van der Waals surface area contributed by atoms with Crippen molar-refractivity contribution in [1.29, 1.82) is 0 Å². The van der Waals surface area contributed by atoms with E-state index in [0.717, 1.165) is 0 Å². The molecule has 0 aliphatic rings. The van der Waals surface area contributed by atoms with Gasteiger partial charge in [0.25, 0.3) is 0 Å². The van der Waals surface area contributed by atoms with Crippen molar-refractivity contribution in [2.24, 2.45) is 0 Å². The second-order valence-electron chi connectivity index (χ2n) is 2.54. The van der Waals surface area contributed by atoms with Gasteiger partial charge >= 0.3 is 0 Å². The Morgan fingerprint density at radius 2 is 2.21 bits per heavy atom. The predicted octanol–water partition coefficient (Wildman–Crippen LogP) is 4.21. The molecule has 0 aliphatic heterocycles. The van der Waals surface area contributed by atoms with Crippen LogP contribution in [0.2, 0.25) is 5.02 Å². The minimum absolute atomic E-state index is 0.0922. The minimum Gasteiger partial charge on any atom is -0.380 e. The summed E-state index contributed by atoms with van der Waals surface area (Å²) in [6.45, 7) is 0.353. The first-order valence-electron chi connectivity index (χ1n) is 3.77. The SMILES string of the molecule is Fc1cc(NCC(Cl)=CCl)ccc1Cl. The summed E-state index contributed by atoms with van der Waals surface area (Å²) in [5, 5.41) is 3.42. The van der Waals surface area contributed by atoms with Crippen molar-refractivity contribution in [2.75, 3.05) is 11.9 Å². The third-order valence-corrected chi connectivity index (χ3v) is 2.42. The Balaban J connectivity index is 2.64. The van der Waals surface area contributed by atoms with Gasteiger partial charge in [-0.3, -0.25) is 0 Å². The molecule has 0 fully saturated rings. The van der Waals surface area contributed by atoms with Crippen LogP contribution in [0.3, 0.4) is 0 Å². The van der Waals surface area contributed by atoms with Crippen LogP contribution in [-0.2, 0) is 0 Å². The maximum atomic E-state index is 12.9. The summed E-state index contributed by atoms with van der Waals surface area (Å²) in [5.74, 6) is -0.470. The molecule has 0 aromatic heterocycles.